The van der Waals surface area contributed by atoms with E-state index in [0.717, 1.165) is 21.1 Å². The molecule has 0 radical (unpaired) electrons. The van der Waals surface area contributed by atoms with Gasteiger partial charge in [-0.2, -0.15) is 3.96 Å². The van der Waals surface area contributed by atoms with Crippen LogP contribution < -0.4 is 20.3 Å². The van der Waals surface area contributed by atoms with Gasteiger partial charge < -0.3 is 14.8 Å². The molecule has 3 rings (SSSR count). The van der Waals surface area contributed by atoms with E-state index in [1.807, 2.05) is 39.0 Å². The molecule has 1 aromatic carbocycles. The first-order valence-electron chi connectivity index (χ1n) is 8.53. The highest BCUT2D eigenvalue weighted by molar-refractivity contribution is 7.14. The van der Waals surface area contributed by atoms with Crippen molar-refractivity contribution in [3.8, 4) is 11.5 Å². The van der Waals surface area contributed by atoms with Crippen LogP contribution in [0.3, 0.4) is 0 Å². The minimum absolute atomic E-state index is 0.0234. The largest absolute Gasteiger partial charge is 0.493 e. The Morgan fingerprint density at radius 1 is 1.22 bits per heavy atom. The molecule has 142 valence electrons. The zero-order valence-electron chi connectivity index (χ0n) is 15.6. The normalized spacial score (nSPS) is 12.2. The minimum Gasteiger partial charge on any atom is -0.493 e. The zero-order chi connectivity index (χ0) is 19.6. The molecule has 2 aromatic heterocycles. The van der Waals surface area contributed by atoms with Gasteiger partial charge in [-0.15, -0.1) is 0 Å². The highest BCUT2D eigenvalue weighted by Crippen LogP contribution is 2.31. The third kappa shape index (κ3) is 3.95. The van der Waals surface area contributed by atoms with Crippen LogP contribution in [0, 0.1) is 0 Å². The van der Waals surface area contributed by atoms with Gasteiger partial charge in [-0.1, -0.05) is 6.07 Å². The summed E-state index contributed by atoms with van der Waals surface area (Å²) >= 11 is 1.02. The number of methoxy groups -OCH3 is 1. The van der Waals surface area contributed by atoms with Gasteiger partial charge in [0.05, 0.1) is 24.6 Å². The number of pyridine rings is 1. The number of fused-ring (bicyclic) bond motifs is 1. The lowest BCUT2D eigenvalue weighted by Gasteiger charge is -2.18. The van der Waals surface area contributed by atoms with Crippen molar-refractivity contribution in [2.75, 3.05) is 7.11 Å². The lowest BCUT2D eigenvalue weighted by atomic mass is 10.1. The number of nitrogens with one attached hydrogen (secondary N) is 1. The second-order valence-electron chi connectivity index (χ2n) is 6.30. The Labute approximate surface area is 160 Å². The number of benzene rings is 1. The minimum atomic E-state index is -0.489. The Bertz CT molecular complexity index is 1030. The van der Waals surface area contributed by atoms with Crippen molar-refractivity contribution < 1.29 is 14.3 Å². The first-order chi connectivity index (χ1) is 12.9. The Hall–Kier alpha value is -2.87. The van der Waals surface area contributed by atoms with Crippen molar-refractivity contribution in [3.05, 3.63) is 52.4 Å². The van der Waals surface area contributed by atoms with Crippen LogP contribution in [-0.2, 0) is 0 Å². The van der Waals surface area contributed by atoms with Crippen LogP contribution in [0.1, 0.15) is 32.4 Å². The summed E-state index contributed by atoms with van der Waals surface area (Å²) in [6.07, 6.45) is 1.62. The van der Waals surface area contributed by atoms with Gasteiger partial charge in [-0.3, -0.25) is 4.79 Å². The summed E-state index contributed by atoms with van der Waals surface area (Å²) in [6, 6.07) is 8.01. The van der Waals surface area contributed by atoms with Crippen molar-refractivity contribution >= 4 is 27.8 Å². The summed E-state index contributed by atoms with van der Waals surface area (Å²) in [5.74, 6) is 1.23. The van der Waals surface area contributed by atoms with E-state index in [0.29, 0.717) is 21.7 Å². The first kappa shape index (κ1) is 18.9. The van der Waals surface area contributed by atoms with Crippen molar-refractivity contribution in [2.24, 2.45) is 0 Å². The molecule has 0 aliphatic heterocycles. The summed E-state index contributed by atoms with van der Waals surface area (Å²) in [5.41, 5.74) is 0.467. The molecule has 0 fully saturated rings. The van der Waals surface area contributed by atoms with Crippen LogP contribution in [0.4, 0.5) is 4.79 Å². The molecular weight excluding hydrogens is 366 g/mol. The van der Waals surface area contributed by atoms with E-state index in [1.165, 1.54) is 0 Å². The summed E-state index contributed by atoms with van der Waals surface area (Å²) in [6.45, 7) is 5.72. The lowest BCUT2D eigenvalue weighted by Crippen LogP contribution is -2.34. The zero-order valence-corrected chi connectivity index (χ0v) is 16.4. The second-order valence-corrected chi connectivity index (χ2v) is 7.23. The van der Waals surface area contributed by atoms with E-state index >= 15 is 0 Å². The second kappa shape index (κ2) is 7.79. The monoisotopic (exact) mass is 387 g/mol. The van der Waals surface area contributed by atoms with Gasteiger partial charge in [0.15, 0.2) is 11.5 Å². The molecule has 3 aromatic rings. The lowest BCUT2D eigenvalue weighted by molar-refractivity contribution is 0.230. The van der Waals surface area contributed by atoms with Crippen LogP contribution in [0.25, 0.3) is 10.2 Å². The van der Waals surface area contributed by atoms with Gasteiger partial charge in [0.1, 0.15) is 4.83 Å². The number of carbonyl (C=O) groups is 1. The van der Waals surface area contributed by atoms with Crippen LogP contribution in [-0.4, -0.2) is 28.2 Å². The Balaban J connectivity index is 1.81. The molecule has 1 amide bonds. The number of nitrogens with zero attached hydrogens (tertiary/aromatic N) is 2. The molecule has 27 heavy (non-hydrogen) atoms. The molecule has 0 bridgehead atoms. The van der Waals surface area contributed by atoms with Crippen molar-refractivity contribution in [3.63, 3.8) is 0 Å². The van der Waals surface area contributed by atoms with Gasteiger partial charge in [0.2, 0.25) is 0 Å². The fourth-order valence-corrected chi connectivity index (χ4v) is 3.48. The summed E-state index contributed by atoms with van der Waals surface area (Å²) in [4.78, 5) is 29.6. The Morgan fingerprint density at radius 2 is 2.00 bits per heavy atom. The number of hydrogen-bond acceptors (Lipinski definition) is 6. The maximum Gasteiger partial charge on any atom is 0.338 e. The van der Waals surface area contributed by atoms with Gasteiger partial charge in [0.25, 0.3) is 5.56 Å². The van der Waals surface area contributed by atoms with E-state index in [4.69, 9.17) is 9.47 Å². The Morgan fingerprint density at radius 3 is 2.67 bits per heavy atom. The molecule has 8 heteroatoms. The van der Waals surface area contributed by atoms with Crippen molar-refractivity contribution in [1.82, 2.24) is 14.3 Å². The number of carbonyl (C=O) groups excluding carboxylic acids is 1. The van der Waals surface area contributed by atoms with Crippen LogP contribution >= 0.6 is 11.5 Å². The maximum atomic E-state index is 12.6. The first-order valence-corrected chi connectivity index (χ1v) is 9.30. The van der Waals surface area contributed by atoms with Crippen molar-refractivity contribution in [2.45, 2.75) is 32.9 Å². The highest BCUT2D eigenvalue weighted by atomic mass is 32.1. The average Bonchev–Trinajstić information content (AvgIpc) is 2.98. The maximum absolute atomic E-state index is 12.6. The Kier molecular flexibility index (Phi) is 5.46. The van der Waals surface area contributed by atoms with Crippen LogP contribution in [0.2, 0.25) is 0 Å². The molecule has 0 spiro atoms. The fourth-order valence-electron chi connectivity index (χ4n) is 2.63. The predicted octanol–water partition coefficient (Wildman–Crippen LogP) is 3.57. The molecule has 0 aliphatic carbocycles. The molecule has 1 unspecified atom stereocenters. The van der Waals surface area contributed by atoms with E-state index in [-0.39, 0.29) is 17.7 Å². The van der Waals surface area contributed by atoms with Gasteiger partial charge in [-0.05, 0) is 62.1 Å². The number of amides is 1. The topological polar surface area (TPSA) is 82.5 Å². The third-order valence-corrected chi connectivity index (χ3v) is 4.95. The smallest absolute Gasteiger partial charge is 0.338 e. The number of aromatic nitrogens is 2. The molecule has 0 saturated carbocycles. The van der Waals surface area contributed by atoms with E-state index in [9.17, 15) is 9.59 Å². The number of rotatable bonds is 5. The third-order valence-electron chi connectivity index (χ3n) is 3.94. The standard InChI is InChI=1S/C19H21N3O4S/c1-11(2)26-15-8-7-13(10-16(15)25-4)12(3)21-19(24)22-18(23)14-6-5-9-20-17(14)27-22/h5-12H,1-4H3,(H,21,24). The number of ether oxygens (including phenoxy) is 2. The molecule has 2 heterocycles. The molecule has 1 atom stereocenters. The predicted molar refractivity (Wildman–Crippen MR) is 105 cm³/mol. The van der Waals surface area contributed by atoms with E-state index in [2.05, 4.69) is 10.3 Å². The molecular formula is C19H21N3O4S. The SMILES string of the molecule is COc1cc(C(C)NC(=O)n2sc3ncccc3c2=O)ccc1OC(C)C. The highest BCUT2D eigenvalue weighted by Gasteiger charge is 2.18. The summed E-state index contributed by atoms with van der Waals surface area (Å²) < 4.78 is 12.2. The quantitative estimate of drug-likeness (QED) is 0.724. The molecule has 0 saturated heterocycles. The van der Waals surface area contributed by atoms with Gasteiger partial charge >= 0.3 is 6.03 Å². The molecule has 0 aliphatic rings. The van der Waals surface area contributed by atoms with Gasteiger partial charge in [0, 0.05) is 6.20 Å². The van der Waals surface area contributed by atoms with Crippen LogP contribution in [0.5, 0.6) is 11.5 Å². The fraction of sp³-hybridized carbons (Fsp3) is 0.316. The van der Waals surface area contributed by atoms with Crippen molar-refractivity contribution in [1.29, 1.82) is 0 Å². The number of hydrogen-bond donors (Lipinski definition) is 1. The van der Waals surface area contributed by atoms with Gasteiger partial charge in [-0.25, -0.2) is 9.78 Å². The van der Waals surface area contributed by atoms with E-state index < -0.39 is 6.03 Å². The van der Waals surface area contributed by atoms with E-state index in [1.54, 1.807) is 25.4 Å². The molecule has 1 N–H and O–H groups in total. The average molecular weight is 387 g/mol. The summed E-state index contributed by atoms with van der Waals surface area (Å²) in [5, 5.41) is 3.27. The molecule has 7 nitrogen and oxygen atoms in total. The summed E-state index contributed by atoms with van der Waals surface area (Å²) in [7, 11) is 1.57. The van der Waals surface area contributed by atoms with Crippen LogP contribution in [0.15, 0.2) is 41.3 Å².